The smallest absolute Gasteiger partial charge is 0.307 e. The van der Waals surface area contributed by atoms with Crippen molar-refractivity contribution < 1.29 is 13.9 Å². The predicted molar refractivity (Wildman–Crippen MR) is 61.1 cm³/mol. The molecule has 1 atom stereocenters. The van der Waals surface area contributed by atoms with Crippen molar-refractivity contribution in [3.63, 3.8) is 0 Å². The van der Waals surface area contributed by atoms with Crippen molar-refractivity contribution >= 4 is 5.97 Å². The van der Waals surface area contributed by atoms with Gasteiger partial charge in [0.2, 0.25) is 0 Å². The lowest BCUT2D eigenvalue weighted by molar-refractivity contribution is -0.143. The minimum atomic E-state index is -0.169. The van der Waals surface area contributed by atoms with E-state index >= 15 is 0 Å². The Morgan fingerprint density at radius 3 is 2.88 bits per heavy atom. The molecule has 0 radical (unpaired) electrons. The molecule has 90 valence electrons. The number of rotatable bonds is 6. The van der Waals surface area contributed by atoms with Crippen LogP contribution in [-0.2, 0) is 9.53 Å². The van der Waals surface area contributed by atoms with E-state index in [-0.39, 0.29) is 12.0 Å². The third-order valence-electron chi connectivity index (χ3n) is 2.27. The molecule has 0 aliphatic rings. The van der Waals surface area contributed by atoms with Gasteiger partial charge in [-0.2, -0.15) is 0 Å². The van der Waals surface area contributed by atoms with Crippen LogP contribution >= 0.6 is 0 Å². The average molecular weight is 225 g/mol. The van der Waals surface area contributed by atoms with E-state index in [9.17, 15) is 4.79 Å². The Kier molecular flexibility index (Phi) is 5.05. The zero-order valence-electron chi connectivity index (χ0n) is 10.1. The number of furan rings is 1. The molecule has 0 aliphatic heterocycles. The Labute approximate surface area is 96.0 Å². The van der Waals surface area contributed by atoms with Crippen LogP contribution in [0.3, 0.4) is 0 Å². The van der Waals surface area contributed by atoms with Crippen LogP contribution in [0.15, 0.2) is 16.5 Å². The van der Waals surface area contributed by atoms with Gasteiger partial charge in [-0.15, -0.1) is 0 Å². The molecular weight excluding hydrogens is 206 g/mol. The van der Waals surface area contributed by atoms with Crippen LogP contribution in [-0.4, -0.2) is 19.1 Å². The second-order valence-corrected chi connectivity index (χ2v) is 3.68. The number of carbonyl (C=O) groups excluding carboxylic acids is 1. The Morgan fingerprint density at radius 1 is 1.56 bits per heavy atom. The summed E-state index contributed by atoms with van der Waals surface area (Å²) < 4.78 is 10.3. The minimum absolute atomic E-state index is 0.114. The third kappa shape index (κ3) is 4.06. The molecular formula is C12H19NO3. The predicted octanol–water partition coefficient (Wildman–Crippen LogP) is 2.19. The lowest BCUT2D eigenvalue weighted by Crippen LogP contribution is -2.22. The highest BCUT2D eigenvalue weighted by Gasteiger charge is 2.09. The summed E-state index contributed by atoms with van der Waals surface area (Å²) in [5, 5.41) is 3.21. The number of ether oxygens (including phenoxy) is 1. The minimum Gasteiger partial charge on any atom is -0.466 e. The third-order valence-corrected chi connectivity index (χ3v) is 2.27. The summed E-state index contributed by atoms with van der Waals surface area (Å²) in [6.07, 6.45) is 0.387. The Balaban J connectivity index is 2.25. The second kappa shape index (κ2) is 6.33. The van der Waals surface area contributed by atoms with Crippen LogP contribution in [0, 0.1) is 6.92 Å². The van der Waals surface area contributed by atoms with Gasteiger partial charge >= 0.3 is 5.97 Å². The summed E-state index contributed by atoms with van der Waals surface area (Å²) in [7, 11) is 0. The van der Waals surface area contributed by atoms with Crippen LogP contribution in [0.25, 0.3) is 0 Å². The van der Waals surface area contributed by atoms with E-state index in [1.54, 1.807) is 6.92 Å². The van der Waals surface area contributed by atoms with Crippen molar-refractivity contribution in [2.24, 2.45) is 0 Å². The molecule has 4 heteroatoms. The van der Waals surface area contributed by atoms with Crippen LogP contribution in [0.2, 0.25) is 0 Å². The standard InChI is InChI=1S/C12H19NO3/c1-4-15-12(14)7-8-13-10(3)11-6-5-9(2)16-11/h5-6,10,13H,4,7-8H2,1-3H3. The monoisotopic (exact) mass is 225 g/mol. The fourth-order valence-corrected chi connectivity index (χ4v) is 1.41. The highest BCUT2D eigenvalue weighted by Crippen LogP contribution is 2.15. The zero-order chi connectivity index (χ0) is 12.0. The molecule has 0 saturated carbocycles. The van der Waals surface area contributed by atoms with Crippen LogP contribution < -0.4 is 5.32 Å². The van der Waals surface area contributed by atoms with E-state index in [2.05, 4.69) is 5.32 Å². The maximum atomic E-state index is 11.1. The average Bonchev–Trinajstić information content (AvgIpc) is 2.65. The number of nitrogens with one attached hydrogen (secondary N) is 1. The van der Waals surface area contributed by atoms with Crippen molar-refractivity contribution in [1.82, 2.24) is 5.32 Å². The first-order valence-corrected chi connectivity index (χ1v) is 5.58. The molecule has 1 N–H and O–H groups in total. The molecule has 1 aromatic rings. The van der Waals surface area contributed by atoms with E-state index in [1.807, 2.05) is 26.0 Å². The summed E-state index contributed by atoms with van der Waals surface area (Å²) in [5.74, 6) is 1.62. The van der Waals surface area contributed by atoms with Crippen molar-refractivity contribution in [2.45, 2.75) is 33.2 Å². The molecule has 0 bridgehead atoms. The van der Waals surface area contributed by atoms with Gasteiger partial charge in [-0.3, -0.25) is 4.79 Å². The van der Waals surface area contributed by atoms with Gasteiger partial charge < -0.3 is 14.5 Å². The van der Waals surface area contributed by atoms with Crippen LogP contribution in [0.1, 0.15) is 37.8 Å². The second-order valence-electron chi connectivity index (χ2n) is 3.68. The molecule has 1 unspecified atom stereocenters. The van der Waals surface area contributed by atoms with E-state index in [4.69, 9.17) is 9.15 Å². The van der Waals surface area contributed by atoms with Crippen molar-refractivity contribution in [2.75, 3.05) is 13.2 Å². The van der Waals surface area contributed by atoms with Crippen molar-refractivity contribution in [3.8, 4) is 0 Å². The quantitative estimate of drug-likeness (QED) is 0.754. The van der Waals surface area contributed by atoms with E-state index < -0.39 is 0 Å². The molecule has 0 amide bonds. The lowest BCUT2D eigenvalue weighted by Gasteiger charge is -2.10. The van der Waals surface area contributed by atoms with Gasteiger partial charge in [0.25, 0.3) is 0 Å². The van der Waals surface area contributed by atoms with Gasteiger partial charge in [0.1, 0.15) is 11.5 Å². The first kappa shape index (κ1) is 12.8. The summed E-state index contributed by atoms with van der Waals surface area (Å²) in [5.41, 5.74) is 0. The maximum Gasteiger partial charge on any atom is 0.307 e. The molecule has 1 aromatic heterocycles. The fourth-order valence-electron chi connectivity index (χ4n) is 1.41. The SMILES string of the molecule is CCOC(=O)CCNC(C)c1ccc(C)o1. The van der Waals surface area contributed by atoms with Gasteiger partial charge in [-0.25, -0.2) is 0 Å². The molecule has 16 heavy (non-hydrogen) atoms. The van der Waals surface area contributed by atoms with Crippen molar-refractivity contribution in [1.29, 1.82) is 0 Å². The molecule has 0 aromatic carbocycles. The van der Waals surface area contributed by atoms with Gasteiger partial charge in [-0.1, -0.05) is 0 Å². The van der Waals surface area contributed by atoms with Gasteiger partial charge in [0.05, 0.1) is 19.1 Å². The van der Waals surface area contributed by atoms with Crippen LogP contribution in [0.4, 0.5) is 0 Å². The topological polar surface area (TPSA) is 51.5 Å². The molecule has 0 fully saturated rings. The number of hydrogen-bond acceptors (Lipinski definition) is 4. The summed E-state index contributed by atoms with van der Waals surface area (Å²) in [6, 6.07) is 3.99. The Morgan fingerprint density at radius 2 is 2.31 bits per heavy atom. The van der Waals surface area contributed by atoms with E-state index in [1.165, 1.54) is 0 Å². The Bertz CT molecular complexity index is 333. The molecule has 1 heterocycles. The highest BCUT2D eigenvalue weighted by atomic mass is 16.5. The molecule has 0 spiro atoms. The van der Waals surface area contributed by atoms with E-state index in [0.29, 0.717) is 19.6 Å². The maximum absolute atomic E-state index is 11.1. The molecule has 1 rings (SSSR count). The molecule has 4 nitrogen and oxygen atoms in total. The lowest BCUT2D eigenvalue weighted by atomic mass is 10.2. The van der Waals surface area contributed by atoms with Crippen molar-refractivity contribution in [3.05, 3.63) is 23.7 Å². The van der Waals surface area contributed by atoms with Gasteiger partial charge in [-0.05, 0) is 32.9 Å². The largest absolute Gasteiger partial charge is 0.466 e. The Hall–Kier alpha value is -1.29. The number of esters is 1. The zero-order valence-corrected chi connectivity index (χ0v) is 10.1. The summed E-state index contributed by atoms with van der Waals surface area (Å²) in [4.78, 5) is 11.1. The summed E-state index contributed by atoms with van der Waals surface area (Å²) >= 11 is 0. The van der Waals surface area contributed by atoms with Gasteiger partial charge in [0, 0.05) is 6.54 Å². The van der Waals surface area contributed by atoms with E-state index in [0.717, 1.165) is 11.5 Å². The number of aryl methyl sites for hydroxylation is 1. The summed E-state index contributed by atoms with van der Waals surface area (Å²) in [6.45, 7) is 6.75. The highest BCUT2D eigenvalue weighted by molar-refractivity contribution is 5.69. The number of hydrogen-bond donors (Lipinski definition) is 1. The first-order valence-electron chi connectivity index (χ1n) is 5.58. The molecule has 0 saturated heterocycles. The first-order chi connectivity index (χ1) is 7.63. The van der Waals surface area contributed by atoms with Crippen LogP contribution in [0.5, 0.6) is 0 Å². The van der Waals surface area contributed by atoms with Gasteiger partial charge in [0.15, 0.2) is 0 Å². The fraction of sp³-hybridized carbons (Fsp3) is 0.583. The number of carbonyl (C=O) groups is 1. The molecule has 0 aliphatic carbocycles. The normalized spacial score (nSPS) is 12.4.